The lowest BCUT2D eigenvalue weighted by atomic mass is 10.1. The molecule has 7 nitrogen and oxygen atoms in total. The predicted molar refractivity (Wildman–Crippen MR) is 138 cm³/mol. The number of aryl methyl sites for hydroxylation is 1. The number of benzene rings is 1. The van der Waals surface area contributed by atoms with Crippen LogP contribution in [0.3, 0.4) is 0 Å². The van der Waals surface area contributed by atoms with Crippen LogP contribution in [-0.2, 0) is 11.2 Å². The maximum Gasteiger partial charge on any atom is 0.220 e. The van der Waals surface area contributed by atoms with Crippen molar-refractivity contribution in [2.45, 2.75) is 39.0 Å². The van der Waals surface area contributed by atoms with Crippen LogP contribution in [0.5, 0.6) is 0 Å². The Labute approximate surface area is 206 Å². The second-order valence-corrected chi connectivity index (χ2v) is 8.99. The second kappa shape index (κ2) is 11.1. The molecule has 180 valence electrons. The average molecular weight is 470 g/mol. The molecule has 3 heterocycles. The molecule has 0 spiro atoms. The van der Waals surface area contributed by atoms with Gasteiger partial charge in [-0.25, -0.2) is 4.85 Å². The molecule has 0 saturated carbocycles. The molecule has 1 fully saturated rings. The molecule has 0 aliphatic carbocycles. The fraction of sp³-hybridized carbons (Fsp3) is 0.357. The number of hydrogen-bond donors (Lipinski definition) is 1. The van der Waals surface area contributed by atoms with E-state index < -0.39 is 0 Å². The van der Waals surface area contributed by atoms with Gasteiger partial charge in [-0.15, -0.1) is 6.58 Å². The fourth-order valence-corrected chi connectivity index (χ4v) is 4.73. The minimum absolute atomic E-state index is 0.0382. The number of piperidine rings is 1. The van der Waals surface area contributed by atoms with Crippen molar-refractivity contribution in [3.8, 4) is 5.69 Å². The minimum Gasteiger partial charge on any atom is -0.353 e. The van der Waals surface area contributed by atoms with Crippen molar-refractivity contribution in [3.05, 3.63) is 77.4 Å². The Balaban J connectivity index is 1.72. The lowest BCUT2D eigenvalue weighted by Gasteiger charge is -2.25. The molecule has 0 radical (unpaired) electrons. The molecular weight excluding hydrogens is 438 g/mol. The molecule has 0 unspecified atom stereocenters. The molecule has 1 saturated heterocycles. The number of amides is 1. The van der Waals surface area contributed by atoms with Gasteiger partial charge in [-0.3, -0.25) is 19.5 Å². The monoisotopic (exact) mass is 469 g/mol. The van der Waals surface area contributed by atoms with Crippen molar-refractivity contribution >= 4 is 28.4 Å². The van der Waals surface area contributed by atoms with Crippen molar-refractivity contribution in [1.82, 2.24) is 19.8 Å². The first-order valence-electron chi connectivity index (χ1n) is 12.1. The van der Waals surface area contributed by atoms with Crippen molar-refractivity contribution in [2.75, 3.05) is 26.2 Å². The molecule has 35 heavy (non-hydrogen) atoms. The first-order chi connectivity index (χ1) is 17.0. The van der Waals surface area contributed by atoms with E-state index in [1.165, 1.54) is 6.42 Å². The molecule has 1 amide bonds. The van der Waals surface area contributed by atoms with Crippen LogP contribution in [0.25, 0.3) is 21.6 Å². The Bertz CT molecular complexity index is 1280. The van der Waals surface area contributed by atoms with Crippen LogP contribution < -0.4 is 5.32 Å². The molecule has 7 heteroatoms. The van der Waals surface area contributed by atoms with Gasteiger partial charge < -0.3 is 9.88 Å². The summed E-state index contributed by atoms with van der Waals surface area (Å²) in [4.78, 5) is 36.0. The third kappa shape index (κ3) is 5.50. The molecule has 1 aromatic carbocycles. The first kappa shape index (κ1) is 24.4. The zero-order chi connectivity index (χ0) is 24.8. The van der Waals surface area contributed by atoms with E-state index >= 15 is 0 Å². The molecule has 0 bridgehead atoms. The van der Waals surface area contributed by atoms with E-state index in [0.717, 1.165) is 48.4 Å². The van der Waals surface area contributed by atoms with Crippen LogP contribution >= 0.6 is 0 Å². The Morgan fingerprint density at radius 3 is 2.63 bits per heavy atom. The molecule has 1 N–H and O–H groups in total. The highest BCUT2D eigenvalue weighted by atomic mass is 16.1. The van der Waals surface area contributed by atoms with Gasteiger partial charge in [-0.1, -0.05) is 24.6 Å². The standard InChI is InChI=1S/C28H31N5O2/c1-4-14-30-26(35)13-8-21-17-24-28(31-18-21)27(25(34)19-32-15-6-5-7-16-32)20(2)33(24)23-11-9-22(29-3)10-12-23/h4,9-12,17-18H,1,5-8,13-16,19H2,2H3,(H,30,35). The summed E-state index contributed by atoms with van der Waals surface area (Å²) in [5, 5.41) is 2.80. The van der Waals surface area contributed by atoms with Gasteiger partial charge in [-0.05, 0) is 63.0 Å². The van der Waals surface area contributed by atoms with Gasteiger partial charge in [0.2, 0.25) is 5.91 Å². The van der Waals surface area contributed by atoms with Crippen molar-refractivity contribution < 1.29 is 9.59 Å². The van der Waals surface area contributed by atoms with Gasteiger partial charge in [0.15, 0.2) is 11.5 Å². The number of ketones is 1. The van der Waals surface area contributed by atoms with Gasteiger partial charge in [0.25, 0.3) is 0 Å². The normalized spacial score (nSPS) is 13.9. The topological polar surface area (TPSA) is 71.6 Å². The molecule has 3 aromatic rings. The third-order valence-electron chi connectivity index (χ3n) is 6.52. The summed E-state index contributed by atoms with van der Waals surface area (Å²) in [5.41, 5.74) is 5.37. The Kier molecular flexibility index (Phi) is 7.74. The van der Waals surface area contributed by atoms with Gasteiger partial charge >= 0.3 is 0 Å². The van der Waals surface area contributed by atoms with Crippen LogP contribution in [0.1, 0.15) is 47.3 Å². The second-order valence-electron chi connectivity index (χ2n) is 8.99. The van der Waals surface area contributed by atoms with Crippen molar-refractivity contribution in [1.29, 1.82) is 0 Å². The van der Waals surface area contributed by atoms with E-state index in [0.29, 0.717) is 42.7 Å². The highest BCUT2D eigenvalue weighted by molar-refractivity contribution is 6.09. The molecular formula is C28H31N5O2. The molecule has 4 rings (SSSR count). The number of likely N-dealkylation sites (tertiary alicyclic amines) is 1. The van der Waals surface area contributed by atoms with Gasteiger partial charge in [0.05, 0.1) is 29.7 Å². The van der Waals surface area contributed by atoms with E-state index in [2.05, 4.69) is 21.6 Å². The van der Waals surface area contributed by atoms with Crippen LogP contribution in [0, 0.1) is 13.5 Å². The fourth-order valence-electron chi connectivity index (χ4n) is 4.73. The van der Waals surface area contributed by atoms with Gasteiger partial charge in [0, 0.05) is 30.5 Å². The van der Waals surface area contributed by atoms with Crippen molar-refractivity contribution in [3.63, 3.8) is 0 Å². The molecule has 2 aromatic heterocycles. The summed E-state index contributed by atoms with van der Waals surface area (Å²) < 4.78 is 2.04. The number of fused-ring (bicyclic) bond motifs is 1. The maximum atomic E-state index is 13.5. The number of aromatic nitrogens is 2. The van der Waals surface area contributed by atoms with E-state index in [1.54, 1.807) is 24.4 Å². The Morgan fingerprint density at radius 2 is 1.94 bits per heavy atom. The Morgan fingerprint density at radius 1 is 1.20 bits per heavy atom. The number of Topliss-reactive ketones (excluding diaryl/α,β-unsaturated/α-hetero) is 1. The summed E-state index contributed by atoms with van der Waals surface area (Å²) in [6.45, 7) is 15.6. The minimum atomic E-state index is -0.0382. The largest absolute Gasteiger partial charge is 0.353 e. The zero-order valence-electron chi connectivity index (χ0n) is 20.2. The average Bonchev–Trinajstić information content (AvgIpc) is 3.17. The SMILES string of the molecule is [C-]#[N+]c1ccc(-n2c(C)c(C(=O)CN3CCCCC3)c3ncc(CCC(=O)NCC=C)cc32)cc1. The van der Waals surface area contributed by atoms with Crippen molar-refractivity contribution in [2.24, 2.45) is 0 Å². The van der Waals surface area contributed by atoms with Crippen LogP contribution in [0.4, 0.5) is 5.69 Å². The van der Waals surface area contributed by atoms with E-state index in [1.807, 2.05) is 29.7 Å². The highest BCUT2D eigenvalue weighted by Crippen LogP contribution is 2.30. The van der Waals surface area contributed by atoms with Gasteiger partial charge in [0.1, 0.15) is 0 Å². The quantitative estimate of drug-likeness (QED) is 0.278. The van der Waals surface area contributed by atoms with E-state index in [4.69, 9.17) is 11.6 Å². The van der Waals surface area contributed by atoms with Crippen LogP contribution in [0.2, 0.25) is 0 Å². The van der Waals surface area contributed by atoms with Crippen LogP contribution in [0.15, 0.2) is 49.2 Å². The van der Waals surface area contributed by atoms with Gasteiger partial charge in [-0.2, -0.15) is 0 Å². The third-order valence-corrected chi connectivity index (χ3v) is 6.52. The number of nitrogens with zero attached hydrogens (tertiary/aromatic N) is 4. The maximum absolute atomic E-state index is 13.5. The summed E-state index contributed by atoms with van der Waals surface area (Å²) in [6.07, 6.45) is 7.80. The highest BCUT2D eigenvalue weighted by Gasteiger charge is 2.24. The Hall–Kier alpha value is -3.76. The lowest BCUT2D eigenvalue weighted by molar-refractivity contribution is -0.120. The molecule has 1 aliphatic rings. The summed E-state index contributed by atoms with van der Waals surface area (Å²) in [6, 6.07) is 9.38. The number of hydrogen-bond acceptors (Lipinski definition) is 4. The lowest BCUT2D eigenvalue weighted by Crippen LogP contribution is -2.34. The molecule has 0 atom stereocenters. The first-order valence-corrected chi connectivity index (χ1v) is 12.1. The zero-order valence-corrected chi connectivity index (χ0v) is 20.2. The summed E-state index contributed by atoms with van der Waals surface area (Å²) in [5.74, 6) is 0.0404. The summed E-state index contributed by atoms with van der Waals surface area (Å²) >= 11 is 0. The van der Waals surface area contributed by atoms with Crippen LogP contribution in [-0.4, -0.2) is 52.3 Å². The summed E-state index contributed by atoms with van der Waals surface area (Å²) in [7, 11) is 0. The number of nitrogens with one attached hydrogen (secondary N) is 1. The van der Waals surface area contributed by atoms with E-state index in [9.17, 15) is 9.59 Å². The smallest absolute Gasteiger partial charge is 0.220 e. The number of pyridine rings is 1. The predicted octanol–water partition coefficient (Wildman–Crippen LogP) is 4.79. The van der Waals surface area contributed by atoms with E-state index in [-0.39, 0.29) is 11.7 Å². The number of carbonyl (C=O) groups is 2. The number of rotatable bonds is 9. The molecule has 1 aliphatic heterocycles. The number of carbonyl (C=O) groups excluding carboxylic acids is 2.